The molecule has 0 aromatic carbocycles. The molecule has 0 aliphatic carbocycles. The summed E-state index contributed by atoms with van der Waals surface area (Å²) in [6.07, 6.45) is 2.47. The van der Waals surface area contributed by atoms with Crippen molar-refractivity contribution in [1.82, 2.24) is 9.80 Å². The quantitative estimate of drug-likeness (QED) is 0.566. The average Bonchev–Trinajstić information content (AvgIpc) is 2.50. The Labute approximate surface area is 160 Å². The molecule has 2 heterocycles. The Morgan fingerprint density at radius 3 is 1.83 bits per heavy atom. The number of fused-ring (bicyclic) bond motifs is 2. The van der Waals surface area contributed by atoms with Crippen LogP contribution in [0.25, 0.3) is 0 Å². The molecule has 0 aromatic rings. The normalized spacial score (nSPS) is 29.8. The molecule has 0 atom stereocenters. The summed E-state index contributed by atoms with van der Waals surface area (Å²) in [7, 11) is 0. The van der Waals surface area contributed by atoms with Crippen molar-refractivity contribution >= 4 is 49.5 Å². The predicted molar refractivity (Wildman–Crippen MR) is 100 cm³/mol. The molecule has 2 bridgehead atoms. The number of nitrogens with zero attached hydrogens (tertiary/aromatic N) is 2. The van der Waals surface area contributed by atoms with E-state index in [2.05, 4.69) is 38.8 Å². The SMILES string of the molecule is CCCC12CN(C(=O)CCBr)CC(C)(CN(C(=O)CCBr)C1)C2=O. The molecule has 0 unspecified atom stereocenters. The third-order valence-corrected chi connectivity index (χ3v) is 5.94. The molecule has 0 N–H and O–H groups in total. The van der Waals surface area contributed by atoms with E-state index < -0.39 is 10.8 Å². The fraction of sp³-hybridized carbons (Fsp3) is 0.824. The van der Waals surface area contributed by atoms with Crippen LogP contribution in [-0.4, -0.2) is 64.2 Å². The van der Waals surface area contributed by atoms with Gasteiger partial charge in [0.05, 0.1) is 10.8 Å². The molecule has 0 radical (unpaired) electrons. The molecule has 2 rings (SSSR count). The lowest BCUT2D eigenvalue weighted by Gasteiger charge is -2.56. The third-order valence-electron chi connectivity index (χ3n) is 5.15. The van der Waals surface area contributed by atoms with E-state index >= 15 is 0 Å². The first kappa shape index (κ1) is 19.9. The molecule has 2 aliphatic rings. The summed E-state index contributed by atoms with van der Waals surface area (Å²) < 4.78 is 0. The zero-order chi connectivity index (χ0) is 18.0. The van der Waals surface area contributed by atoms with Crippen molar-refractivity contribution in [2.75, 3.05) is 36.8 Å². The number of carbonyl (C=O) groups excluding carboxylic acids is 3. The van der Waals surface area contributed by atoms with E-state index in [1.165, 1.54) is 0 Å². The van der Waals surface area contributed by atoms with Crippen molar-refractivity contribution in [3.8, 4) is 0 Å². The number of halogens is 2. The molecule has 136 valence electrons. The van der Waals surface area contributed by atoms with Gasteiger partial charge in [0.1, 0.15) is 0 Å². The molecule has 24 heavy (non-hydrogen) atoms. The van der Waals surface area contributed by atoms with Gasteiger partial charge in [-0.05, 0) is 13.3 Å². The van der Waals surface area contributed by atoms with Crippen LogP contribution in [-0.2, 0) is 14.4 Å². The maximum atomic E-state index is 13.2. The molecule has 0 saturated carbocycles. The first-order chi connectivity index (χ1) is 11.3. The maximum Gasteiger partial charge on any atom is 0.223 e. The highest BCUT2D eigenvalue weighted by molar-refractivity contribution is 9.09. The average molecular weight is 466 g/mol. The van der Waals surface area contributed by atoms with Crippen molar-refractivity contribution in [1.29, 1.82) is 0 Å². The van der Waals surface area contributed by atoms with Crippen LogP contribution in [0.2, 0.25) is 0 Å². The first-order valence-corrected chi connectivity index (χ1v) is 10.8. The molecular weight excluding hydrogens is 440 g/mol. The minimum absolute atomic E-state index is 0.0892. The second-order valence-electron chi connectivity index (χ2n) is 7.30. The number of hydrogen-bond donors (Lipinski definition) is 0. The Bertz CT molecular complexity index is 494. The topological polar surface area (TPSA) is 57.7 Å². The van der Waals surface area contributed by atoms with Gasteiger partial charge in [0.15, 0.2) is 5.78 Å². The highest BCUT2D eigenvalue weighted by Gasteiger charge is 2.58. The molecular formula is C17H26Br2N2O3. The number of alkyl halides is 2. The minimum Gasteiger partial charge on any atom is -0.341 e. The number of Topliss-reactive ketones (excluding diaryl/α,β-unsaturated/α-hetero) is 1. The minimum atomic E-state index is -0.657. The zero-order valence-corrected chi connectivity index (χ0v) is 17.6. The molecule has 2 aliphatic heterocycles. The first-order valence-electron chi connectivity index (χ1n) is 8.54. The number of ketones is 1. The van der Waals surface area contributed by atoms with E-state index in [-0.39, 0.29) is 17.6 Å². The molecule has 2 amide bonds. The fourth-order valence-electron chi connectivity index (χ4n) is 4.29. The second-order valence-corrected chi connectivity index (χ2v) is 8.88. The van der Waals surface area contributed by atoms with Gasteiger partial charge < -0.3 is 9.80 Å². The summed E-state index contributed by atoms with van der Waals surface area (Å²) in [5.41, 5.74) is -1.26. The lowest BCUT2D eigenvalue weighted by atomic mass is 9.61. The molecule has 0 aromatic heterocycles. The zero-order valence-electron chi connectivity index (χ0n) is 14.4. The van der Waals surface area contributed by atoms with Crippen LogP contribution >= 0.6 is 31.9 Å². The highest BCUT2D eigenvalue weighted by atomic mass is 79.9. The van der Waals surface area contributed by atoms with Crippen LogP contribution in [0.4, 0.5) is 0 Å². The van der Waals surface area contributed by atoms with Gasteiger partial charge in [0.25, 0.3) is 0 Å². The number of piperidine rings is 2. The van der Waals surface area contributed by atoms with E-state index in [1.54, 1.807) is 0 Å². The van der Waals surface area contributed by atoms with Gasteiger partial charge >= 0.3 is 0 Å². The van der Waals surface area contributed by atoms with Gasteiger partial charge in [-0.2, -0.15) is 0 Å². The van der Waals surface area contributed by atoms with Gasteiger partial charge in [0.2, 0.25) is 11.8 Å². The predicted octanol–water partition coefficient (Wildman–Crippen LogP) is 2.60. The summed E-state index contributed by atoms with van der Waals surface area (Å²) in [6, 6.07) is 0. The van der Waals surface area contributed by atoms with Gasteiger partial charge in [-0.3, -0.25) is 14.4 Å². The van der Waals surface area contributed by atoms with E-state index in [0.717, 1.165) is 12.8 Å². The van der Waals surface area contributed by atoms with E-state index in [4.69, 9.17) is 0 Å². The van der Waals surface area contributed by atoms with Crippen LogP contribution in [0.3, 0.4) is 0 Å². The van der Waals surface area contributed by atoms with E-state index in [0.29, 0.717) is 49.7 Å². The lowest BCUT2D eigenvalue weighted by molar-refractivity contribution is -0.168. The summed E-state index contributed by atoms with van der Waals surface area (Å²) in [5, 5.41) is 1.26. The Hall–Kier alpha value is -0.430. The summed E-state index contributed by atoms with van der Waals surface area (Å²) in [4.78, 5) is 41.8. The Morgan fingerprint density at radius 1 is 1.00 bits per heavy atom. The van der Waals surface area contributed by atoms with Crippen LogP contribution in [0.5, 0.6) is 0 Å². The standard InChI is InChI=1S/C17H26Br2N2O3/c1-3-6-17-11-20(13(22)4-7-18)9-16(2,15(17)24)10-21(12-17)14(23)5-8-19/h3-12H2,1-2H3. The second kappa shape index (κ2) is 7.85. The Morgan fingerprint density at radius 2 is 1.46 bits per heavy atom. The molecule has 7 heteroatoms. The molecule has 2 saturated heterocycles. The van der Waals surface area contributed by atoms with Crippen LogP contribution in [0.1, 0.15) is 39.5 Å². The highest BCUT2D eigenvalue weighted by Crippen LogP contribution is 2.45. The third kappa shape index (κ3) is 3.71. The molecule has 2 fully saturated rings. The van der Waals surface area contributed by atoms with Crippen LogP contribution < -0.4 is 0 Å². The Balaban J connectivity index is 2.33. The van der Waals surface area contributed by atoms with Gasteiger partial charge in [-0.15, -0.1) is 0 Å². The van der Waals surface area contributed by atoms with Crippen molar-refractivity contribution in [2.24, 2.45) is 10.8 Å². The van der Waals surface area contributed by atoms with Crippen molar-refractivity contribution < 1.29 is 14.4 Å². The van der Waals surface area contributed by atoms with Crippen molar-refractivity contribution in [2.45, 2.75) is 39.5 Å². The monoisotopic (exact) mass is 464 g/mol. The van der Waals surface area contributed by atoms with Gasteiger partial charge in [-0.1, -0.05) is 45.2 Å². The summed E-state index contributed by atoms with van der Waals surface area (Å²) >= 11 is 6.64. The summed E-state index contributed by atoms with van der Waals surface area (Å²) in [5.74, 6) is 0.417. The molecule has 0 spiro atoms. The Kier molecular flexibility index (Phi) is 6.51. The number of rotatable bonds is 6. The van der Waals surface area contributed by atoms with Crippen LogP contribution in [0.15, 0.2) is 0 Å². The smallest absolute Gasteiger partial charge is 0.223 e. The number of carbonyl (C=O) groups is 3. The van der Waals surface area contributed by atoms with E-state index in [1.807, 2.05) is 16.7 Å². The fourth-order valence-corrected chi connectivity index (χ4v) is 4.97. The van der Waals surface area contributed by atoms with Crippen molar-refractivity contribution in [3.05, 3.63) is 0 Å². The summed E-state index contributed by atoms with van der Waals surface area (Å²) in [6.45, 7) is 5.69. The number of amides is 2. The number of hydrogen-bond acceptors (Lipinski definition) is 3. The van der Waals surface area contributed by atoms with Crippen molar-refractivity contribution in [3.63, 3.8) is 0 Å². The lowest BCUT2D eigenvalue weighted by Crippen LogP contribution is -2.70. The molecule has 5 nitrogen and oxygen atoms in total. The largest absolute Gasteiger partial charge is 0.341 e. The van der Waals surface area contributed by atoms with E-state index in [9.17, 15) is 14.4 Å². The van der Waals surface area contributed by atoms with Crippen LogP contribution in [0, 0.1) is 10.8 Å². The van der Waals surface area contributed by atoms with Gasteiger partial charge in [-0.25, -0.2) is 0 Å². The van der Waals surface area contributed by atoms with Gasteiger partial charge in [0, 0.05) is 49.7 Å². The number of likely N-dealkylation sites (tertiary alicyclic amines) is 2. The maximum absolute atomic E-state index is 13.2.